The van der Waals surface area contributed by atoms with Gasteiger partial charge in [-0.05, 0) is 44.0 Å². The van der Waals surface area contributed by atoms with Crippen LogP contribution in [0.2, 0.25) is 5.02 Å². The third-order valence-corrected chi connectivity index (χ3v) is 3.95. The SMILES string of the molecule is C[C@@H](Oc1ccc(Cl)cc1)C(=O)NC1CCCCCC1. The third kappa shape index (κ3) is 4.71. The van der Waals surface area contributed by atoms with Crippen molar-refractivity contribution in [3.8, 4) is 5.75 Å². The summed E-state index contributed by atoms with van der Waals surface area (Å²) in [4.78, 5) is 12.1. The number of rotatable bonds is 4. The van der Waals surface area contributed by atoms with Crippen LogP contribution >= 0.6 is 11.6 Å². The van der Waals surface area contributed by atoms with E-state index in [2.05, 4.69) is 5.32 Å². The van der Waals surface area contributed by atoms with Crippen LogP contribution in [-0.2, 0) is 4.79 Å². The summed E-state index contributed by atoms with van der Waals surface area (Å²) in [5.41, 5.74) is 0. The van der Waals surface area contributed by atoms with Crippen molar-refractivity contribution >= 4 is 17.5 Å². The highest BCUT2D eigenvalue weighted by Gasteiger charge is 2.19. The molecule has 0 spiro atoms. The largest absolute Gasteiger partial charge is 0.481 e. The molecule has 0 aliphatic heterocycles. The average molecular weight is 296 g/mol. The molecular weight excluding hydrogens is 274 g/mol. The zero-order chi connectivity index (χ0) is 14.4. The Hall–Kier alpha value is -1.22. The van der Waals surface area contributed by atoms with Crippen molar-refractivity contribution < 1.29 is 9.53 Å². The number of carbonyl (C=O) groups is 1. The Labute approximate surface area is 125 Å². The van der Waals surface area contributed by atoms with Crippen LogP contribution in [0.25, 0.3) is 0 Å². The van der Waals surface area contributed by atoms with E-state index >= 15 is 0 Å². The summed E-state index contributed by atoms with van der Waals surface area (Å²) in [5, 5.41) is 3.76. The molecule has 1 fully saturated rings. The minimum absolute atomic E-state index is 0.0353. The van der Waals surface area contributed by atoms with Gasteiger partial charge >= 0.3 is 0 Å². The minimum atomic E-state index is -0.487. The molecule has 0 unspecified atom stereocenters. The van der Waals surface area contributed by atoms with Gasteiger partial charge < -0.3 is 10.1 Å². The highest BCUT2D eigenvalue weighted by atomic mass is 35.5. The van der Waals surface area contributed by atoms with Crippen LogP contribution in [-0.4, -0.2) is 18.1 Å². The minimum Gasteiger partial charge on any atom is -0.481 e. The number of halogens is 1. The number of ether oxygens (including phenoxy) is 1. The molecule has 2 rings (SSSR count). The van der Waals surface area contributed by atoms with Gasteiger partial charge in [0.05, 0.1) is 0 Å². The van der Waals surface area contributed by atoms with Gasteiger partial charge in [0.1, 0.15) is 5.75 Å². The summed E-state index contributed by atoms with van der Waals surface area (Å²) >= 11 is 5.82. The Morgan fingerprint density at radius 1 is 1.20 bits per heavy atom. The van der Waals surface area contributed by atoms with Crippen molar-refractivity contribution in [2.45, 2.75) is 57.6 Å². The van der Waals surface area contributed by atoms with Crippen LogP contribution in [0.15, 0.2) is 24.3 Å². The third-order valence-electron chi connectivity index (χ3n) is 3.70. The number of carbonyl (C=O) groups excluding carboxylic acids is 1. The predicted octanol–water partition coefficient (Wildman–Crippen LogP) is 3.95. The van der Waals surface area contributed by atoms with Crippen LogP contribution in [0.4, 0.5) is 0 Å². The highest BCUT2D eigenvalue weighted by Crippen LogP contribution is 2.19. The second-order valence-electron chi connectivity index (χ2n) is 5.41. The molecule has 20 heavy (non-hydrogen) atoms. The molecule has 1 aliphatic rings. The molecule has 0 heterocycles. The fourth-order valence-corrected chi connectivity index (χ4v) is 2.64. The molecule has 0 bridgehead atoms. The van der Waals surface area contributed by atoms with E-state index in [-0.39, 0.29) is 5.91 Å². The lowest BCUT2D eigenvalue weighted by atomic mass is 10.1. The summed E-state index contributed by atoms with van der Waals surface area (Å²) in [6.07, 6.45) is 6.65. The second kappa shape index (κ2) is 7.53. The van der Waals surface area contributed by atoms with Crippen LogP contribution in [0.3, 0.4) is 0 Å². The monoisotopic (exact) mass is 295 g/mol. The lowest BCUT2D eigenvalue weighted by Gasteiger charge is -2.20. The zero-order valence-electron chi connectivity index (χ0n) is 11.9. The molecule has 1 saturated carbocycles. The van der Waals surface area contributed by atoms with Gasteiger partial charge in [-0.1, -0.05) is 37.3 Å². The molecule has 110 valence electrons. The van der Waals surface area contributed by atoms with Crippen LogP contribution < -0.4 is 10.1 Å². The standard InChI is InChI=1S/C16H22ClNO2/c1-12(20-15-10-8-13(17)9-11-15)16(19)18-14-6-4-2-3-5-7-14/h8-12,14H,2-7H2,1H3,(H,18,19)/t12-/m1/s1. The first-order chi connectivity index (χ1) is 9.65. The first-order valence-corrected chi connectivity index (χ1v) is 7.75. The summed E-state index contributed by atoms with van der Waals surface area (Å²) in [7, 11) is 0. The number of hydrogen-bond acceptors (Lipinski definition) is 2. The van der Waals surface area contributed by atoms with Gasteiger partial charge in [-0.15, -0.1) is 0 Å². The Morgan fingerprint density at radius 2 is 1.80 bits per heavy atom. The van der Waals surface area contributed by atoms with E-state index in [4.69, 9.17) is 16.3 Å². The fourth-order valence-electron chi connectivity index (χ4n) is 2.51. The van der Waals surface area contributed by atoms with E-state index in [9.17, 15) is 4.79 Å². The molecule has 0 aromatic heterocycles. The van der Waals surface area contributed by atoms with E-state index in [1.165, 1.54) is 25.7 Å². The first-order valence-electron chi connectivity index (χ1n) is 7.38. The van der Waals surface area contributed by atoms with E-state index in [1.807, 2.05) is 0 Å². The Morgan fingerprint density at radius 3 is 2.40 bits per heavy atom. The molecule has 4 heteroatoms. The summed E-state index contributed by atoms with van der Waals surface area (Å²) in [5.74, 6) is 0.629. The van der Waals surface area contributed by atoms with Crippen LogP contribution in [0.1, 0.15) is 45.4 Å². The molecule has 0 saturated heterocycles. The number of benzene rings is 1. The zero-order valence-corrected chi connectivity index (χ0v) is 12.7. The van der Waals surface area contributed by atoms with Gasteiger partial charge in [-0.2, -0.15) is 0 Å². The molecule has 1 aromatic rings. The molecule has 1 amide bonds. The van der Waals surface area contributed by atoms with Crippen LogP contribution in [0, 0.1) is 0 Å². The van der Waals surface area contributed by atoms with Crippen molar-refractivity contribution in [2.24, 2.45) is 0 Å². The lowest BCUT2D eigenvalue weighted by Crippen LogP contribution is -2.42. The van der Waals surface area contributed by atoms with Gasteiger partial charge in [0.15, 0.2) is 6.10 Å². The van der Waals surface area contributed by atoms with Crippen molar-refractivity contribution in [3.05, 3.63) is 29.3 Å². The fraction of sp³-hybridized carbons (Fsp3) is 0.562. The molecule has 1 atom stereocenters. The highest BCUT2D eigenvalue weighted by molar-refractivity contribution is 6.30. The molecule has 0 radical (unpaired) electrons. The van der Waals surface area contributed by atoms with Crippen molar-refractivity contribution in [1.82, 2.24) is 5.32 Å². The predicted molar refractivity (Wildman–Crippen MR) is 81.2 cm³/mol. The summed E-state index contributed by atoms with van der Waals surface area (Å²) < 4.78 is 5.63. The van der Waals surface area contributed by atoms with Gasteiger partial charge in [0.25, 0.3) is 5.91 Å². The Kier molecular flexibility index (Phi) is 5.72. The van der Waals surface area contributed by atoms with E-state index in [1.54, 1.807) is 31.2 Å². The smallest absolute Gasteiger partial charge is 0.260 e. The first kappa shape index (κ1) is 15.2. The van der Waals surface area contributed by atoms with Gasteiger partial charge in [0, 0.05) is 11.1 Å². The van der Waals surface area contributed by atoms with Crippen LogP contribution in [0.5, 0.6) is 5.75 Å². The average Bonchev–Trinajstić information content (AvgIpc) is 2.70. The topological polar surface area (TPSA) is 38.3 Å². The van der Waals surface area contributed by atoms with Gasteiger partial charge in [-0.3, -0.25) is 4.79 Å². The molecule has 1 aromatic carbocycles. The van der Waals surface area contributed by atoms with E-state index in [0.29, 0.717) is 16.8 Å². The Balaban J connectivity index is 1.83. The van der Waals surface area contributed by atoms with Crippen molar-refractivity contribution in [3.63, 3.8) is 0 Å². The molecule has 1 aliphatic carbocycles. The second-order valence-corrected chi connectivity index (χ2v) is 5.85. The number of nitrogens with one attached hydrogen (secondary N) is 1. The molecule has 3 nitrogen and oxygen atoms in total. The summed E-state index contributed by atoms with van der Waals surface area (Å²) in [6, 6.07) is 7.37. The van der Waals surface area contributed by atoms with Crippen molar-refractivity contribution in [2.75, 3.05) is 0 Å². The molecular formula is C16H22ClNO2. The Bertz CT molecular complexity index is 425. The number of amides is 1. The van der Waals surface area contributed by atoms with Gasteiger partial charge in [-0.25, -0.2) is 0 Å². The van der Waals surface area contributed by atoms with Gasteiger partial charge in [0.2, 0.25) is 0 Å². The van der Waals surface area contributed by atoms with E-state index in [0.717, 1.165) is 12.8 Å². The summed E-state index contributed by atoms with van der Waals surface area (Å²) in [6.45, 7) is 1.78. The maximum atomic E-state index is 12.1. The quantitative estimate of drug-likeness (QED) is 0.854. The lowest BCUT2D eigenvalue weighted by molar-refractivity contribution is -0.128. The molecule has 1 N–H and O–H groups in total. The van der Waals surface area contributed by atoms with Crippen molar-refractivity contribution in [1.29, 1.82) is 0 Å². The van der Waals surface area contributed by atoms with E-state index < -0.39 is 6.10 Å². The maximum Gasteiger partial charge on any atom is 0.260 e. The maximum absolute atomic E-state index is 12.1. The number of hydrogen-bond donors (Lipinski definition) is 1. The normalized spacial score (nSPS) is 18.1.